The summed E-state index contributed by atoms with van der Waals surface area (Å²) in [6.07, 6.45) is 1.39. The van der Waals surface area contributed by atoms with Crippen LogP contribution in [0.3, 0.4) is 0 Å². The van der Waals surface area contributed by atoms with Crippen molar-refractivity contribution in [1.82, 2.24) is 4.90 Å². The Labute approximate surface area is 235 Å². The summed E-state index contributed by atoms with van der Waals surface area (Å²) >= 11 is 0. The number of hydrogen-bond donors (Lipinski definition) is 1. The molecule has 1 aliphatic heterocycles. The van der Waals surface area contributed by atoms with Gasteiger partial charge in [-0.15, -0.1) is 0 Å². The molecule has 4 aromatic carbocycles. The molecular weight excluding hydrogens is 520 g/mol. The Morgan fingerprint density at radius 1 is 1.00 bits per heavy atom. The van der Waals surface area contributed by atoms with E-state index in [1.165, 1.54) is 6.07 Å². The predicted octanol–water partition coefficient (Wildman–Crippen LogP) is 6.24. The number of aliphatic carboxylic acids is 1. The zero-order valence-electron chi connectivity index (χ0n) is 22.1. The smallest absolute Gasteiger partial charge is 0.339 e. The van der Waals surface area contributed by atoms with Crippen molar-refractivity contribution >= 4 is 27.7 Å². The normalized spacial score (nSPS) is 15.1. The molecule has 0 saturated carbocycles. The molecule has 0 amide bonds. The summed E-state index contributed by atoms with van der Waals surface area (Å²) in [6, 6.07) is 26.9. The molecule has 1 atom stereocenters. The first-order valence-electron chi connectivity index (χ1n) is 13.3. The fraction of sp³-hybridized carbons (Fsp3) is 0.182. The van der Waals surface area contributed by atoms with Crippen LogP contribution in [0, 0.1) is 11.3 Å². The first-order valence-corrected chi connectivity index (χ1v) is 13.3. The lowest BCUT2D eigenvalue weighted by Crippen LogP contribution is -2.35. The number of fused-ring (bicyclic) bond motifs is 3. The zero-order valence-corrected chi connectivity index (χ0v) is 22.1. The lowest BCUT2D eigenvalue weighted by molar-refractivity contribution is -0.142. The Bertz CT molecular complexity index is 1870. The van der Waals surface area contributed by atoms with Gasteiger partial charge >= 0.3 is 11.6 Å². The van der Waals surface area contributed by atoms with Crippen LogP contribution in [0.25, 0.3) is 21.7 Å². The van der Waals surface area contributed by atoms with Crippen molar-refractivity contribution in [3.05, 3.63) is 112 Å². The quantitative estimate of drug-likeness (QED) is 0.180. The molecule has 6 rings (SSSR count). The molecule has 0 bridgehead atoms. The molecule has 2 heterocycles. The largest absolute Gasteiger partial charge is 0.489 e. The van der Waals surface area contributed by atoms with Crippen LogP contribution in [-0.2, 0) is 17.9 Å². The van der Waals surface area contributed by atoms with Gasteiger partial charge < -0.3 is 19.0 Å². The number of rotatable bonds is 8. The third-order valence-corrected chi connectivity index (χ3v) is 7.34. The lowest BCUT2D eigenvalue weighted by atomic mass is 10.1. The van der Waals surface area contributed by atoms with E-state index >= 15 is 0 Å². The van der Waals surface area contributed by atoms with Crippen LogP contribution in [0.4, 0.5) is 0 Å². The van der Waals surface area contributed by atoms with E-state index in [4.69, 9.17) is 13.9 Å². The highest BCUT2D eigenvalue weighted by atomic mass is 16.5. The molecule has 1 N–H and O–H groups in total. The maximum absolute atomic E-state index is 12.6. The maximum Gasteiger partial charge on any atom is 0.339 e. The number of nitriles is 1. The summed E-state index contributed by atoms with van der Waals surface area (Å²) in [5.74, 6) is 0.464. The van der Waals surface area contributed by atoms with Gasteiger partial charge in [0.15, 0.2) is 0 Å². The van der Waals surface area contributed by atoms with Crippen LogP contribution in [0.5, 0.6) is 17.2 Å². The average molecular weight is 547 g/mol. The summed E-state index contributed by atoms with van der Waals surface area (Å²) in [5, 5.41) is 21.3. The Morgan fingerprint density at radius 2 is 1.88 bits per heavy atom. The molecule has 41 heavy (non-hydrogen) atoms. The van der Waals surface area contributed by atoms with Gasteiger partial charge in [-0.25, -0.2) is 4.79 Å². The van der Waals surface area contributed by atoms with E-state index in [1.54, 1.807) is 24.3 Å². The highest BCUT2D eigenvalue weighted by Crippen LogP contribution is 2.37. The van der Waals surface area contributed by atoms with E-state index in [-0.39, 0.29) is 6.61 Å². The Kier molecular flexibility index (Phi) is 7.11. The molecule has 0 unspecified atom stereocenters. The fourth-order valence-corrected chi connectivity index (χ4v) is 5.33. The first kappa shape index (κ1) is 26.1. The highest BCUT2D eigenvalue weighted by Gasteiger charge is 2.31. The minimum Gasteiger partial charge on any atom is -0.489 e. The molecule has 0 aliphatic carbocycles. The van der Waals surface area contributed by atoms with Crippen molar-refractivity contribution in [3.63, 3.8) is 0 Å². The minimum atomic E-state index is -0.844. The standard InChI is InChI=1S/C33H26N2O6/c34-18-21-5-3-6-22(15-21)20-39-25-12-10-24(19-35-14-4-9-28(35)33(37)38)29(16-25)40-30-17-31(36)41-32-26-8-2-1-7-23(26)11-13-27(30)32/h1-3,5-8,10-13,15-17,28H,4,9,14,19-20H2,(H,37,38)/t28-/m0/s1. The van der Waals surface area contributed by atoms with E-state index in [9.17, 15) is 20.0 Å². The minimum absolute atomic E-state index is 0.241. The second-order valence-electron chi connectivity index (χ2n) is 10.0. The van der Waals surface area contributed by atoms with Gasteiger partial charge in [0, 0.05) is 23.6 Å². The van der Waals surface area contributed by atoms with Gasteiger partial charge in [0.2, 0.25) is 0 Å². The van der Waals surface area contributed by atoms with Crippen LogP contribution in [0.15, 0.2) is 94.1 Å². The number of carboxylic acid groups (broad SMARTS) is 1. The van der Waals surface area contributed by atoms with Crippen LogP contribution in [0.2, 0.25) is 0 Å². The van der Waals surface area contributed by atoms with Gasteiger partial charge in [-0.3, -0.25) is 9.69 Å². The second-order valence-corrected chi connectivity index (χ2v) is 10.0. The Morgan fingerprint density at radius 3 is 2.73 bits per heavy atom. The Balaban J connectivity index is 1.38. The summed E-state index contributed by atoms with van der Waals surface area (Å²) < 4.78 is 18.1. The van der Waals surface area contributed by atoms with Crippen molar-refractivity contribution in [2.75, 3.05) is 6.54 Å². The second kappa shape index (κ2) is 11.2. The van der Waals surface area contributed by atoms with Gasteiger partial charge in [0.1, 0.15) is 35.5 Å². The van der Waals surface area contributed by atoms with Gasteiger partial charge in [0.25, 0.3) is 0 Å². The average Bonchev–Trinajstić information content (AvgIpc) is 3.46. The van der Waals surface area contributed by atoms with Crippen LogP contribution in [0.1, 0.15) is 29.5 Å². The van der Waals surface area contributed by atoms with Crippen LogP contribution >= 0.6 is 0 Å². The van der Waals surface area contributed by atoms with Crippen LogP contribution in [-0.4, -0.2) is 28.6 Å². The van der Waals surface area contributed by atoms with Gasteiger partial charge in [0.05, 0.1) is 23.1 Å². The molecule has 1 aromatic heterocycles. The van der Waals surface area contributed by atoms with Gasteiger partial charge in [-0.05, 0) is 54.6 Å². The molecular formula is C33H26N2O6. The number of ether oxygens (including phenoxy) is 2. The molecule has 5 aromatic rings. The van der Waals surface area contributed by atoms with Crippen LogP contribution < -0.4 is 15.1 Å². The monoisotopic (exact) mass is 546 g/mol. The number of likely N-dealkylation sites (tertiary alicyclic amines) is 1. The first-order chi connectivity index (χ1) is 20.0. The topological polar surface area (TPSA) is 113 Å². The van der Waals surface area contributed by atoms with Crippen molar-refractivity contribution in [2.45, 2.75) is 32.0 Å². The van der Waals surface area contributed by atoms with Crippen molar-refractivity contribution in [3.8, 4) is 23.3 Å². The van der Waals surface area contributed by atoms with Crippen molar-refractivity contribution < 1.29 is 23.8 Å². The molecule has 8 heteroatoms. The number of nitrogens with zero attached hydrogens (tertiary/aromatic N) is 2. The van der Waals surface area contributed by atoms with Gasteiger partial charge in [-0.2, -0.15) is 5.26 Å². The SMILES string of the molecule is N#Cc1cccc(COc2ccc(CN3CCC[C@H]3C(=O)O)c(Oc3cc(=O)oc4c3ccc3ccccc34)c2)c1. The molecule has 204 valence electrons. The Hall–Kier alpha value is -5.13. The maximum atomic E-state index is 12.6. The van der Waals surface area contributed by atoms with E-state index < -0.39 is 17.6 Å². The third kappa shape index (κ3) is 5.49. The molecule has 1 aliphatic rings. The van der Waals surface area contributed by atoms with Crippen molar-refractivity contribution in [2.24, 2.45) is 0 Å². The van der Waals surface area contributed by atoms with E-state index in [2.05, 4.69) is 6.07 Å². The number of hydrogen-bond acceptors (Lipinski definition) is 7. The van der Waals surface area contributed by atoms with Gasteiger partial charge in [-0.1, -0.05) is 48.5 Å². The molecule has 0 spiro atoms. The third-order valence-electron chi connectivity index (χ3n) is 7.34. The summed E-state index contributed by atoms with van der Waals surface area (Å²) in [7, 11) is 0. The number of carbonyl (C=O) groups is 1. The predicted molar refractivity (Wildman–Crippen MR) is 153 cm³/mol. The molecule has 8 nitrogen and oxygen atoms in total. The summed E-state index contributed by atoms with van der Waals surface area (Å²) in [6.45, 7) is 1.26. The lowest BCUT2D eigenvalue weighted by Gasteiger charge is -2.23. The van der Waals surface area contributed by atoms with E-state index in [1.807, 2.05) is 59.5 Å². The number of benzene rings is 4. The zero-order chi connectivity index (χ0) is 28.3. The molecule has 1 fully saturated rings. The number of carboxylic acids is 1. The molecule has 0 radical (unpaired) electrons. The summed E-state index contributed by atoms with van der Waals surface area (Å²) in [4.78, 5) is 26.4. The van der Waals surface area contributed by atoms with E-state index in [0.29, 0.717) is 53.3 Å². The van der Waals surface area contributed by atoms with E-state index in [0.717, 1.165) is 28.3 Å². The highest BCUT2D eigenvalue weighted by molar-refractivity contribution is 6.05. The van der Waals surface area contributed by atoms with Crippen molar-refractivity contribution in [1.29, 1.82) is 5.26 Å². The fourth-order valence-electron chi connectivity index (χ4n) is 5.33. The summed E-state index contributed by atoms with van der Waals surface area (Å²) in [5.41, 5.74) is 2.05. The molecule has 1 saturated heterocycles.